The lowest BCUT2D eigenvalue weighted by Gasteiger charge is -2.27. The first-order valence-corrected chi connectivity index (χ1v) is 11.0. The summed E-state index contributed by atoms with van der Waals surface area (Å²) in [5.74, 6) is 1.28. The molecule has 0 bridgehead atoms. The molecule has 1 aliphatic rings. The van der Waals surface area contributed by atoms with Crippen LogP contribution in [0.25, 0.3) is 0 Å². The summed E-state index contributed by atoms with van der Waals surface area (Å²) in [5.41, 5.74) is 1.28. The molecule has 0 atom stereocenters. The molecule has 0 N–H and O–H groups in total. The first-order chi connectivity index (χ1) is 15.9. The number of hydrogen-bond acceptors (Lipinski definition) is 4. The highest BCUT2D eigenvalue weighted by Gasteiger charge is 2.35. The maximum absolute atomic E-state index is 13.4. The van der Waals surface area contributed by atoms with Crippen LogP contribution < -0.4 is 4.74 Å². The van der Waals surface area contributed by atoms with Gasteiger partial charge in [0.2, 0.25) is 5.91 Å². The summed E-state index contributed by atoms with van der Waals surface area (Å²) >= 11 is 0. The molecule has 0 spiro atoms. The first-order valence-electron chi connectivity index (χ1n) is 11.0. The zero-order chi connectivity index (χ0) is 23.4. The second kappa shape index (κ2) is 9.90. The van der Waals surface area contributed by atoms with Gasteiger partial charge in [0.25, 0.3) is 5.91 Å². The van der Waals surface area contributed by atoms with Gasteiger partial charge in [0.15, 0.2) is 0 Å². The number of amides is 2. The van der Waals surface area contributed by atoms with Crippen molar-refractivity contribution in [3.63, 3.8) is 0 Å². The van der Waals surface area contributed by atoms with Gasteiger partial charge in [-0.25, -0.2) is 4.39 Å². The van der Waals surface area contributed by atoms with E-state index in [1.807, 2.05) is 19.1 Å². The lowest BCUT2D eigenvalue weighted by Crippen LogP contribution is -2.43. The molecule has 7 heteroatoms. The summed E-state index contributed by atoms with van der Waals surface area (Å²) in [7, 11) is 1.55. The molecule has 0 radical (unpaired) electrons. The number of methoxy groups -OCH3 is 1. The lowest BCUT2D eigenvalue weighted by molar-refractivity contribution is -0.133. The Morgan fingerprint density at radius 2 is 1.82 bits per heavy atom. The van der Waals surface area contributed by atoms with Crippen molar-refractivity contribution in [2.75, 3.05) is 13.7 Å². The van der Waals surface area contributed by atoms with Crippen molar-refractivity contribution in [3.05, 3.63) is 89.1 Å². The van der Waals surface area contributed by atoms with E-state index in [1.54, 1.807) is 53.3 Å². The summed E-state index contributed by atoms with van der Waals surface area (Å²) in [6, 6.07) is 16.7. The van der Waals surface area contributed by atoms with Gasteiger partial charge in [0, 0.05) is 18.2 Å². The predicted molar refractivity (Wildman–Crippen MR) is 121 cm³/mol. The van der Waals surface area contributed by atoms with Crippen LogP contribution >= 0.6 is 0 Å². The smallest absolute Gasteiger partial charge is 0.254 e. The van der Waals surface area contributed by atoms with E-state index in [1.165, 1.54) is 12.1 Å². The van der Waals surface area contributed by atoms with Gasteiger partial charge >= 0.3 is 0 Å². The minimum Gasteiger partial charge on any atom is -0.497 e. The van der Waals surface area contributed by atoms with Gasteiger partial charge < -0.3 is 19.0 Å². The largest absolute Gasteiger partial charge is 0.497 e. The number of aryl methyl sites for hydroxylation is 1. The van der Waals surface area contributed by atoms with Crippen molar-refractivity contribution in [3.8, 4) is 5.75 Å². The third kappa shape index (κ3) is 5.80. The number of halogens is 1. The molecule has 3 aromatic rings. The maximum atomic E-state index is 13.4. The normalized spacial score (nSPS) is 12.9. The van der Waals surface area contributed by atoms with Gasteiger partial charge in [-0.3, -0.25) is 9.59 Å². The molecule has 0 saturated heterocycles. The number of furan rings is 1. The van der Waals surface area contributed by atoms with Crippen LogP contribution in [0.2, 0.25) is 0 Å². The average Bonchev–Trinajstić information content (AvgIpc) is 3.59. The van der Waals surface area contributed by atoms with Gasteiger partial charge in [-0.15, -0.1) is 0 Å². The Kier molecular flexibility index (Phi) is 6.77. The topological polar surface area (TPSA) is 63.0 Å². The van der Waals surface area contributed by atoms with Crippen LogP contribution in [-0.2, 0) is 17.9 Å². The molecule has 1 heterocycles. The lowest BCUT2D eigenvalue weighted by atomic mass is 10.1. The Hall–Kier alpha value is -3.61. The Bertz CT molecular complexity index is 1120. The fourth-order valence-corrected chi connectivity index (χ4v) is 3.72. The predicted octanol–water partition coefficient (Wildman–Crippen LogP) is 4.57. The van der Waals surface area contributed by atoms with E-state index in [-0.39, 0.29) is 43.3 Å². The molecule has 33 heavy (non-hydrogen) atoms. The van der Waals surface area contributed by atoms with E-state index >= 15 is 0 Å². The molecule has 172 valence electrons. The number of carbonyl (C=O) groups is 2. The molecule has 1 aliphatic carbocycles. The van der Waals surface area contributed by atoms with Gasteiger partial charge in [0.1, 0.15) is 29.6 Å². The molecule has 6 nitrogen and oxygen atoms in total. The number of ether oxygens (including phenoxy) is 1. The molecular weight excluding hydrogens is 423 g/mol. The molecule has 1 fully saturated rings. The van der Waals surface area contributed by atoms with Crippen molar-refractivity contribution < 1.29 is 23.1 Å². The highest BCUT2D eigenvalue weighted by molar-refractivity contribution is 5.97. The van der Waals surface area contributed by atoms with Crippen LogP contribution in [0.3, 0.4) is 0 Å². The second-order valence-electron chi connectivity index (χ2n) is 8.28. The van der Waals surface area contributed by atoms with E-state index in [0.29, 0.717) is 17.1 Å². The van der Waals surface area contributed by atoms with Crippen molar-refractivity contribution >= 4 is 11.8 Å². The number of rotatable bonds is 9. The quantitative estimate of drug-likeness (QED) is 0.479. The molecule has 1 aromatic heterocycles. The Morgan fingerprint density at radius 1 is 1.06 bits per heavy atom. The first kappa shape index (κ1) is 22.6. The SMILES string of the molecule is COc1cccc(C(=O)N(CC(=O)N(Cc2ccc(F)cc2)Cc2ccc(C)o2)C2CC2)c1. The standard InChI is InChI=1S/C26H27FN2O4/c1-18-6-13-24(33-18)16-28(15-19-7-9-21(27)10-8-19)25(30)17-29(22-11-12-22)26(31)20-4-3-5-23(14-20)32-2/h3-10,13-14,22H,11-12,15-17H2,1-2H3. The summed E-state index contributed by atoms with van der Waals surface area (Å²) in [6.45, 7) is 2.35. The van der Waals surface area contributed by atoms with Crippen LogP contribution in [-0.4, -0.2) is 41.3 Å². The maximum Gasteiger partial charge on any atom is 0.254 e. The van der Waals surface area contributed by atoms with Crippen molar-refractivity contribution in [1.29, 1.82) is 0 Å². The monoisotopic (exact) mass is 450 g/mol. The van der Waals surface area contributed by atoms with E-state index in [2.05, 4.69) is 0 Å². The van der Waals surface area contributed by atoms with Gasteiger partial charge in [0.05, 0.1) is 13.7 Å². The highest BCUT2D eigenvalue weighted by Crippen LogP contribution is 2.29. The molecule has 1 saturated carbocycles. The summed E-state index contributed by atoms with van der Waals surface area (Å²) in [5, 5.41) is 0. The van der Waals surface area contributed by atoms with E-state index < -0.39 is 0 Å². The third-order valence-electron chi connectivity index (χ3n) is 5.65. The number of nitrogens with zero attached hydrogens (tertiary/aromatic N) is 2. The average molecular weight is 451 g/mol. The highest BCUT2D eigenvalue weighted by atomic mass is 19.1. The van der Waals surface area contributed by atoms with Crippen LogP contribution in [0, 0.1) is 12.7 Å². The van der Waals surface area contributed by atoms with Gasteiger partial charge in [-0.05, 0) is 67.8 Å². The fourth-order valence-electron chi connectivity index (χ4n) is 3.72. The molecule has 2 aromatic carbocycles. The molecule has 2 amide bonds. The minimum absolute atomic E-state index is 0.0401. The van der Waals surface area contributed by atoms with E-state index in [0.717, 1.165) is 24.2 Å². The van der Waals surface area contributed by atoms with Crippen LogP contribution in [0.15, 0.2) is 65.1 Å². The molecule has 0 aliphatic heterocycles. The number of hydrogen-bond donors (Lipinski definition) is 0. The van der Waals surface area contributed by atoms with Crippen LogP contribution in [0.1, 0.15) is 40.3 Å². The van der Waals surface area contributed by atoms with Gasteiger partial charge in [-0.1, -0.05) is 18.2 Å². The van der Waals surface area contributed by atoms with Crippen molar-refractivity contribution in [2.24, 2.45) is 0 Å². The fraction of sp³-hybridized carbons (Fsp3) is 0.308. The number of carbonyl (C=O) groups excluding carboxylic acids is 2. The van der Waals surface area contributed by atoms with Gasteiger partial charge in [-0.2, -0.15) is 0 Å². The zero-order valence-corrected chi connectivity index (χ0v) is 18.8. The third-order valence-corrected chi connectivity index (χ3v) is 5.65. The Morgan fingerprint density at radius 3 is 2.45 bits per heavy atom. The Balaban J connectivity index is 1.54. The van der Waals surface area contributed by atoms with E-state index in [9.17, 15) is 14.0 Å². The molecular formula is C26H27FN2O4. The molecule has 4 rings (SSSR count). The summed E-state index contributed by atoms with van der Waals surface area (Å²) in [6.07, 6.45) is 1.75. The van der Waals surface area contributed by atoms with Crippen LogP contribution in [0.4, 0.5) is 4.39 Å². The summed E-state index contributed by atoms with van der Waals surface area (Å²) < 4.78 is 24.3. The Labute approximate surface area is 192 Å². The van der Waals surface area contributed by atoms with Crippen LogP contribution in [0.5, 0.6) is 5.75 Å². The van der Waals surface area contributed by atoms with Crippen molar-refractivity contribution in [1.82, 2.24) is 9.80 Å². The second-order valence-corrected chi connectivity index (χ2v) is 8.28. The molecule has 0 unspecified atom stereocenters. The minimum atomic E-state index is -0.331. The van der Waals surface area contributed by atoms with E-state index in [4.69, 9.17) is 9.15 Å². The number of benzene rings is 2. The zero-order valence-electron chi connectivity index (χ0n) is 18.8. The summed E-state index contributed by atoms with van der Waals surface area (Å²) in [4.78, 5) is 29.9. The van der Waals surface area contributed by atoms with Crippen molar-refractivity contribution in [2.45, 2.75) is 38.9 Å².